The van der Waals surface area contributed by atoms with Crippen LogP contribution in [0.25, 0.3) is 11.1 Å². The van der Waals surface area contributed by atoms with Gasteiger partial charge in [0.2, 0.25) is 10.0 Å². The number of esters is 1. The van der Waals surface area contributed by atoms with E-state index in [0.29, 0.717) is 37.2 Å². The van der Waals surface area contributed by atoms with Gasteiger partial charge in [-0.2, -0.15) is 0 Å². The number of ether oxygens (including phenoxy) is 3. The van der Waals surface area contributed by atoms with Crippen molar-refractivity contribution in [2.75, 3.05) is 13.7 Å². The number of rotatable bonds is 9. The summed E-state index contributed by atoms with van der Waals surface area (Å²) < 4.78 is 39.9. The van der Waals surface area contributed by atoms with Crippen LogP contribution in [0.4, 0.5) is 0 Å². The summed E-state index contributed by atoms with van der Waals surface area (Å²) in [6.45, 7) is 2.17. The lowest BCUT2D eigenvalue weighted by Crippen LogP contribution is -2.17. The standard InChI is InChI=1S/C22H27NO6S/c1-3-28-21(24)10-5-4-7-18-17-13-15(14-30(23,25)26)11-12-16(17)22-19(27-2)8-6-9-20(22)29-18/h6,8-9,11-13,18H,3-5,7,10,14H2,1-2H3,(H2,23,25,26). The van der Waals surface area contributed by atoms with E-state index in [1.165, 1.54) is 0 Å². The van der Waals surface area contributed by atoms with Crippen LogP contribution in [-0.2, 0) is 25.3 Å². The molecule has 0 saturated carbocycles. The van der Waals surface area contributed by atoms with E-state index < -0.39 is 10.0 Å². The first kappa shape index (κ1) is 22.1. The molecule has 0 bridgehead atoms. The molecular weight excluding hydrogens is 406 g/mol. The highest BCUT2D eigenvalue weighted by molar-refractivity contribution is 7.88. The Morgan fingerprint density at radius 2 is 2.00 bits per heavy atom. The summed E-state index contributed by atoms with van der Waals surface area (Å²) in [6, 6.07) is 11.1. The SMILES string of the molecule is CCOC(=O)CCCCC1Oc2cccc(OC)c2-c2ccc(CS(N)(=O)=O)cc21. The average molecular weight is 434 g/mol. The molecule has 2 N–H and O–H groups in total. The molecule has 0 fully saturated rings. The number of unbranched alkanes of at least 4 members (excludes halogenated alkanes) is 1. The molecular formula is C22H27NO6S. The van der Waals surface area contributed by atoms with Crippen LogP contribution in [0, 0.1) is 0 Å². The monoisotopic (exact) mass is 433 g/mol. The molecule has 1 atom stereocenters. The maximum Gasteiger partial charge on any atom is 0.305 e. The van der Waals surface area contributed by atoms with Crippen molar-refractivity contribution in [2.45, 2.75) is 44.5 Å². The molecule has 0 aromatic heterocycles. The summed E-state index contributed by atoms with van der Waals surface area (Å²) in [5.74, 6) is 0.965. The van der Waals surface area contributed by atoms with Crippen molar-refractivity contribution in [1.82, 2.24) is 0 Å². The number of carbonyl (C=O) groups excluding carboxylic acids is 1. The zero-order chi connectivity index (χ0) is 21.7. The van der Waals surface area contributed by atoms with Gasteiger partial charge in [-0.1, -0.05) is 24.3 Å². The lowest BCUT2D eigenvalue weighted by molar-refractivity contribution is -0.143. The van der Waals surface area contributed by atoms with E-state index >= 15 is 0 Å². The molecule has 0 spiro atoms. The van der Waals surface area contributed by atoms with Gasteiger partial charge in [0.15, 0.2) is 0 Å². The Hall–Kier alpha value is -2.58. The maximum atomic E-state index is 11.6. The van der Waals surface area contributed by atoms with E-state index in [1.54, 1.807) is 20.1 Å². The number of hydrogen-bond acceptors (Lipinski definition) is 6. The lowest BCUT2D eigenvalue weighted by atomic mass is 9.89. The molecule has 1 heterocycles. The van der Waals surface area contributed by atoms with E-state index in [1.807, 2.05) is 30.3 Å². The summed E-state index contributed by atoms with van der Waals surface area (Å²) in [5, 5.41) is 5.23. The van der Waals surface area contributed by atoms with Gasteiger partial charge >= 0.3 is 5.97 Å². The number of hydrogen-bond donors (Lipinski definition) is 1. The number of carbonyl (C=O) groups is 1. The highest BCUT2D eigenvalue weighted by atomic mass is 32.2. The van der Waals surface area contributed by atoms with E-state index in [4.69, 9.17) is 19.3 Å². The Kier molecular flexibility index (Phi) is 6.99. The van der Waals surface area contributed by atoms with Gasteiger partial charge in [-0.25, -0.2) is 13.6 Å². The summed E-state index contributed by atoms with van der Waals surface area (Å²) in [6.07, 6.45) is 2.24. The van der Waals surface area contributed by atoms with Crippen molar-refractivity contribution in [3.05, 3.63) is 47.5 Å². The average Bonchev–Trinajstić information content (AvgIpc) is 2.69. The van der Waals surface area contributed by atoms with E-state index in [2.05, 4.69) is 0 Å². The Labute approximate surface area is 177 Å². The molecule has 162 valence electrons. The van der Waals surface area contributed by atoms with Crippen LogP contribution in [0.15, 0.2) is 36.4 Å². The quantitative estimate of drug-likeness (QED) is 0.477. The molecule has 1 unspecified atom stereocenters. The first-order valence-corrected chi connectivity index (χ1v) is 11.7. The normalized spacial score (nSPS) is 15.0. The molecule has 3 rings (SSSR count). The van der Waals surface area contributed by atoms with Gasteiger partial charge < -0.3 is 14.2 Å². The lowest BCUT2D eigenvalue weighted by Gasteiger charge is -2.30. The minimum absolute atomic E-state index is 0.201. The molecule has 2 aromatic rings. The van der Waals surface area contributed by atoms with Gasteiger partial charge in [0.05, 0.1) is 25.0 Å². The predicted molar refractivity (Wildman–Crippen MR) is 114 cm³/mol. The van der Waals surface area contributed by atoms with Crippen molar-refractivity contribution in [1.29, 1.82) is 0 Å². The zero-order valence-corrected chi connectivity index (χ0v) is 18.0. The van der Waals surface area contributed by atoms with Gasteiger partial charge in [0.1, 0.15) is 17.6 Å². The number of benzene rings is 2. The molecule has 0 radical (unpaired) electrons. The third-order valence-electron chi connectivity index (χ3n) is 4.98. The maximum absolute atomic E-state index is 11.6. The van der Waals surface area contributed by atoms with Crippen molar-refractivity contribution >= 4 is 16.0 Å². The van der Waals surface area contributed by atoms with E-state index in [-0.39, 0.29) is 17.8 Å². The molecule has 0 saturated heterocycles. The van der Waals surface area contributed by atoms with Crippen molar-refractivity contribution in [3.8, 4) is 22.6 Å². The van der Waals surface area contributed by atoms with Crippen LogP contribution in [0.3, 0.4) is 0 Å². The highest BCUT2D eigenvalue weighted by Gasteiger charge is 2.28. The topological polar surface area (TPSA) is 105 Å². The molecule has 0 amide bonds. The van der Waals surface area contributed by atoms with Gasteiger partial charge in [0, 0.05) is 12.0 Å². The Morgan fingerprint density at radius 3 is 2.70 bits per heavy atom. The largest absolute Gasteiger partial charge is 0.496 e. The van der Waals surface area contributed by atoms with Crippen molar-refractivity contribution < 1.29 is 27.4 Å². The van der Waals surface area contributed by atoms with Gasteiger partial charge in [-0.15, -0.1) is 0 Å². The summed E-state index contributed by atoms with van der Waals surface area (Å²) >= 11 is 0. The number of methoxy groups -OCH3 is 1. The van der Waals surface area contributed by atoms with Crippen LogP contribution in [0.5, 0.6) is 11.5 Å². The first-order chi connectivity index (χ1) is 14.3. The van der Waals surface area contributed by atoms with E-state index in [9.17, 15) is 13.2 Å². The van der Waals surface area contributed by atoms with Gasteiger partial charge in [0.25, 0.3) is 0 Å². The minimum atomic E-state index is -3.65. The molecule has 0 aliphatic carbocycles. The Bertz CT molecular complexity index is 1020. The van der Waals surface area contributed by atoms with Crippen LogP contribution in [0.2, 0.25) is 0 Å². The van der Waals surface area contributed by atoms with Gasteiger partial charge in [-0.3, -0.25) is 4.79 Å². The second-order valence-electron chi connectivity index (χ2n) is 7.22. The molecule has 2 aromatic carbocycles. The second kappa shape index (κ2) is 9.49. The van der Waals surface area contributed by atoms with Crippen molar-refractivity contribution in [2.24, 2.45) is 5.14 Å². The number of sulfonamides is 1. The van der Waals surface area contributed by atoms with Crippen LogP contribution < -0.4 is 14.6 Å². The second-order valence-corrected chi connectivity index (χ2v) is 8.83. The fourth-order valence-electron chi connectivity index (χ4n) is 3.74. The van der Waals surface area contributed by atoms with Gasteiger partial charge in [-0.05, 0) is 49.4 Å². The molecule has 8 heteroatoms. The molecule has 1 aliphatic heterocycles. The Morgan fingerprint density at radius 1 is 1.20 bits per heavy atom. The Balaban J connectivity index is 1.88. The molecule has 1 aliphatic rings. The molecule has 7 nitrogen and oxygen atoms in total. The predicted octanol–water partition coefficient (Wildman–Crippen LogP) is 3.71. The van der Waals surface area contributed by atoms with Crippen molar-refractivity contribution in [3.63, 3.8) is 0 Å². The minimum Gasteiger partial charge on any atom is -0.496 e. The summed E-state index contributed by atoms with van der Waals surface area (Å²) in [7, 11) is -2.04. The third-order valence-corrected chi connectivity index (χ3v) is 5.72. The fourth-order valence-corrected chi connectivity index (χ4v) is 4.38. The summed E-state index contributed by atoms with van der Waals surface area (Å²) in [5.41, 5.74) is 3.29. The fraction of sp³-hybridized carbons (Fsp3) is 0.409. The highest BCUT2D eigenvalue weighted by Crippen LogP contribution is 2.48. The third kappa shape index (κ3) is 5.31. The van der Waals surface area contributed by atoms with Crippen LogP contribution in [0.1, 0.15) is 49.8 Å². The number of fused-ring (bicyclic) bond motifs is 3. The number of nitrogens with two attached hydrogens (primary N) is 1. The van der Waals surface area contributed by atoms with Crippen LogP contribution >= 0.6 is 0 Å². The van der Waals surface area contributed by atoms with Crippen LogP contribution in [-0.4, -0.2) is 28.1 Å². The zero-order valence-electron chi connectivity index (χ0n) is 17.2. The number of primary sulfonamides is 1. The smallest absolute Gasteiger partial charge is 0.305 e. The molecule has 30 heavy (non-hydrogen) atoms. The summed E-state index contributed by atoms with van der Waals surface area (Å²) in [4.78, 5) is 11.6. The van der Waals surface area contributed by atoms with E-state index in [0.717, 1.165) is 28.9 Å². The first-order valence-electron chi connectivity index (χ1n) is 9.95.